The first-order valence-corrected chi connectivity index (χ1v) is 6.99. The Labute approximate surface area is 116 Å². The zero-order chi connectivity index (χ0) is 14.9. The van der Waals surface area contributed by atoms with E-state index in [1.807, 2.05) is 13.8 Å². The quantitative estimate of drug-likeness (QED) is 0.593. The second-order valence-electron chi connectivity index (χ2n) is 7.26. The Morgan fingerprint density at radius 3 is 2.65 bits per heavy atom. The highest BCUT2D eigenvalue weighted by atomic mass is 16.6. The van der Waals surface area contributed by atoms with Gasteiger partial charge in [0.1, 0.15) is 6.10 Å². The molecule has 0 aromatic rings. The van der Waals surface area contributed by atoms with E-state index in [4.69, 9.17) is 4.74 Å². The molecule has 3 fully saturated rings. The van der Waals surface area contributed by atoms with Crippen LogP contribution in [-0.2, 0) is 14.3 Å². The summed E-state index contributed by atoms with van der Waals surface area (Å²) in [6.07, 6.45) is -0.812. The third-order valence-corrected chi connectivity index (χ3v) is 5.22. The first-order valence-electron chi connectivity index (χ1n) is 6.99. The lowest BCUT2D eigenvalue weighted by Gasteiger charge is -2.53. The summed E-state index contributed by atoms with van der Waals surface area (Å²) in [5.41, 5.74) is -1.70. The molecule has 20 heavy (non-hydrogen) atoms. The van der Waals surface area contributed by atoms with E-state index >= 15 is 0 Å². The smallest absolute Gasteiger partial charge is 0.310 e. The number of carbonyl (C=O) groups is 2. The fraction of sp³-hybridized carbons (Fsp3) is 0.857. The van der Waals surface area contributed by atoms with Crippen LogP contribution in [0.15, 0.2) is 0 Å². The summed E-state index contributed by atoms with van der Waals surface area (Å²) >= 11 is 0. The maximum Gasteiger partial charge on any atom is 0.310 e. The number of hydrogen-bond acceptors (Lipinski definition) is 5. The molecule has 3 rings (SSSR count). The molecule has 0 aromatic carbocycles. The van der Waals surface area contributed by atoms with Crippen LogP contribution in [0.1, 0.15) is 33.1 Å². The second kappa shape index (κ2) is 3.95. The molecular weight excluding hydrogens is 264 g/mol. The second-order valence-corrected chi connectivity index (χ2v) is 7.26. The van der Waals surface area contributed by atoms with Gasteiger partial charge in [-0.3, -0.25) is 9.59 Å². The topological polar surface area (TPSA) is 104 Å². The molecule has 3 N–H and O–H groups in total. The van der Waals surface area contributed by atoms with Gasteiger partial charge in [0.05, 0.1) is 23.5 Å². The van der Waals surface area contributed by atoms with Crippen LogP contribution >= 0.6 is 0 Å². The van der Waals surface area contributed by atoms with Crippen LogP contribution in [-0.4, -0.2) is 45.1 Å². The van der Waals surface area contributed by atoms with Gasteiger partial charge < -0.3 is 20.1 Å². The fourth-order valence-corrected chi connectivity index (χ4v) is 4.58. The molecule has 6 heteroatoms. The minimum Gasteiger partial charge on any atom is -0.481 e. The summed E-state index contributed by atoms with van der Waals surface area (Å²) in [6.45, 7) is 3.91. The average molecular weight is 284 g/mol. The van der Waals surface area contributed by atoms with Gasteiger partial charge in [-0.2, -0.15) is 0 Å². The van der Waals surface area contributed by atoms with Crippen molar-refractivity contribution in [2.75, 3.05) is 0 Å². The molecule has 2 saturated carbocycles. The van der Waals surface area contributed by atoms with Gasteiger partial charge in [-0.25, -0.2) is 0 Å². The Kier molecular flexibility index (Phi) is 2.73. The van der Waals surface area contributed by atoms with Crippen molar-refractivity contribution >= 4 is 11.9 Å². The fourth-order valence-electron chi connectivity index (χ4n) is 4.58. The molecule has 0 spiro atoms. The van der Waals surface area contributed by atoms with Gasteiger partial charge in [0.25, 0.3) is 0 Å². The van der Waals surface area contributed by atoms with Crippen molar-refractivity contribution in [1.29, 1.82) is 0 Å². The molecule has 1 saturated heterocycles. The first kappa shape index (κ1) is 13.8. The normalized spacial score (nSPS) is 49.4. The highest BCUT2D eigenvalue weighted by Crippen LogP contribution is 2.57. The van der Waals surface area contributed by atoms with E-state index in [1.165, 1.54) is 0 Å². The standard InChI is InChI=1S/C14H20O6/c1-13(2)4-7-10-9(12(18)20-7)6(11(16)17)3-8(15)14(10,19)5-13/h6-10,15,19H,3-5H2,1-2H3,(H,16,17)/t6-,7+,8+,9-,10-,14-/m0/s1. The Balaban J connectivity index is 2.06. The van der Waals surface area contributed by atoms with Crippen molar-refractivity contribution < 1.29 is 29.6 Å². The van der Waals surface area contributed by atoms with Crippen LogP contribution in [0.4, 0.5) is 0 Å². The summed E-state index contributed by atoms with van der Waals surface area (Å²) in [7, 11) is 0. The van der Waals surface area contributed by atoms with Gasteiger partial charge in [-0.1, -0.05) is 13.8 Å². The van der Waals surface area contributed by atoms with Crippen LogP contribution < -0.4 is 0 Å². The minimum absolute atomic E-state index is 0.106. The number of aliphatic hydroxyl groups excluding tert-OH is 1. The molecular formula is C14H20O6. The van der Waals surface area contributed by atoms with Crippen LogP contribution in [0.3, 0.4) is 0 Å². The molecule has 6 nitrogen and oxygen atoms in total. The van der Waals surface area contributed by atoms with Gasteiger partial charge in [0.15, 0.2) is 0 Å². The van der Waals surface area contributed by atoms with Crippen molar-refractivity contribution in [2.24, 2.45) is 23.2 Å². The zero-order valence-electron chi connectivity index (χ0n) is 11.6. The van der Waals surface area contributed by atoms with E-state index in [0.29, 0.717) is 12.8 Å². The third kappa shape index (κ3) is 1.71. The van der Waals surface area contributed by atoms with E-state index in [2.05, 4.69) is 0 Å². The minimum atomic E-state index is -1.44. The Hall–Kier alpha value is -1.14. The molecule has 0 bridgehead atoms. The molecule has 1 heterocycles. The van der Waals surface area contributed by atoms with Crippen molar-refractivity contribution in [3.63, 3.8) is 0 Å². The van der Waals surface area contributed by atoms with E-state index in [-0.39, 0.29) is 11.8 Å². The third-order valence-electron chi connectivity index (χ3n) is 5.22. The lowest BCUT2D eigenvalue weighted by atomic mass is 9.53. The monoisotopic (exact) mass is 284 g/mol. The number of aliphatic carboxylic acids is 1. The summed E-state index contributed by atoms with van der Waals surface area (Å²) in [4.78, 5) is 23.4. The number of aliphatic hydroxyl groups is 2. The molecule has 6 atom stereocenters. The number of ether oxygens (including phenoxy) is 1. The van der Waals surface area contributed by atoms with E-state index in [0.717, 1.165) is 0 Å². The molecule has 112 valence electrons. The van der Waals surface area contributed by atoms with Gasteiger partial charge in [0, 0.05) is 5.92 Å². The van der Waals surface area contributed by atoms with Crippen molar-refractivity contribution in [1.82, 2.24) is 0 Å². The van der Waals surface area contributed by atoms with Crippen molar-refractivity contribution in [3.05, 3.63) is 0 Å². The number of esters is 1. The summed E-state index contributed by atoms with van der Waals surface area (Å²) < 4.78 is 5.34. The first-order chi connectivity index (χ1) is 9.16. The van der Waals surface area contributed by atoms with Gasteiger partial charge in [0.2, 0.25) is 0 Å². The summed E-state index contributed by atoms with van der Waals surface area (Å²) in [5.74, 6) is -4.10. The largest absolute Gasteiger partial charge is 0.481 e. The molecule has 0 aromatic heterocycles. The van der Waals surface area contributed by atoms with Crippen LogP contribution in [0.2, 0.25) is 0 Å². The molecule has 1 aliphatic heterocycles. The molecule has 3 aliphatic rings. The van der Waals surface area contributed by atoms with Crippen LogP contribution in [0.5, 0.6) is 0 Å². The van der Waals surface area contributed by atoms with Crippen LogP contribution in [0, 0.1) is 23.2 Å². The number of carboxylic acids is 1. The molecule has 0 radical (unpaired) electrons. The zero-order valence-corrected chi connectivity index (χ0v) is 11.6. The SMILES string of the molecule is CC1(C)C[C@H]2OC(=O)[C@@H]3[C@H]2[C@](O)(C1)[C@H](O)C[C@@H]3C(=O)O. The van der Waals surface area contributed by atoms with Crippen molar-refractivity contribution in [2.45, 2.75) is 50.9 Å². The Morgan fingerprint density at radius 1 is 1.40 bits per heavy atom. The van der Waals surface area contributed by atoms with E-state index in [9.17, 15) is 24.9 Å². The Bertz CT molecular complexity index is 472. The predicted molar refractivity (Wildman–Crippen MR) is 66.6 cm³/mol. The summed E-state index contributed by atoms with van der Waals surface area (Å²) in [6, 6.07) is 0. The Morgan fingerprint density at radius 2 is 2.05 bits per heavy atom. The molecule has 0 amide bonds. The summed E-state index contributed by atoms with van der Waals surface area (Å²) in [5, 5.41) is 30.5. The number of carbonyl (C=O) groups excluding carboxylic acids is 1. The van der Waals surface area contributed by atoms with E-state index in [1.54, 1.807) is 0 Å². The lowest BCUT2D eigenvalue weighted by molar-refractivity contribution is -0.211. The number of carboxylic acid groups (broad SMARTS) is 1. The maximum absolute atomic E-state index is 12.0. The van der Waals surface area contributed by atoms with Crippen molar-refractivity contribution in [3.8, 4) is 0 Å². The van der Waals surface area contributed by atoms with Gasteiger partial charge in [-0.15, -0.1) is 0 Å². The molecule has 0 unspecified atom stereocenters. The predicted octanol–water partition coefficient (Wildman–Crippen LogP) is 0.161. The molecule has 2 aliphatic carbocycles. The number of rotatable bonds is 1. The average Bonchev–Trinajstić information content (AvgIpc) is 2.59. The van der Waals surface area contributed by atoms with E-state index < -0.39 is 47.5 Å². The van der Waals surface area contributed by atoms with Gasteiger partial charge >= 0.3 is 11.9 Å². The van der Waals surface area contributed by atoms with Gasteiger partial charge in [-0.05, 0) is 24.7 Å². The maximum atomic E-state index is 12.0. The lowest BCUT2D eigenvalue weighted by Crippen LogP contribution is -2.64. The highest BCUT2D eigenvalue weighted by molar-refractivity contribution is 5.83. The highest BCUT2D eigenvalue weighted by Gasteiger charge is 2.68. The van der Waals surface area contributed by atoms with Crippen LogP contribution in [0.25, 0.3) is 0 Å². The number of hydrogen-bond donors (Lipinski definition) is 3.